The Labute approximate surface area is 94.5 Å². The van der Waals surface area contributed by atoms with Gasteiger partial charge >= 0.3 is 5.97 Å². The van der Waals surface area contributed by atoms with Gasteiger partial charge in [0.05, 0.1) is 9.99 Å². The summed E-state index contributed by atoms with van der Waals surface area (Å²) in [6, 6.07) is 6.17. The molecule has 14 heavy (non-hydrogen) atoms. The molecule has 2 N–H and O–H groups in total. The zero-order valence-electron chi connectivity index (χ0n) is 7.20. The quantitative estimate of drug-likeness (QED) is 0.396. The lowest BCUT2D eigenvalue weighted by Crippen LogP contribution is -2.10. The molecule has 0 spiro atoms. The number of hydrogen-bond donors (Lipinski definition) is 1. The summed E-state index contributed by atoms with van der Waals surface area (Å²) in [5.74, 6) is 4.12. The van der Waals surface area contributed by atoms with Crippen molar-refractivity contribution in [3.8, 4) is 0 Å². The molecule has 0 aliphatic rings. The molecule has 0 aliphatic carbocycles. The first-order valence-electron chi connectivity index (χ1n) is 3.79. The maximum Gasteiger partial charge on any atom is 0.356 e. The molecule has 4 nitrogen and oxygen atoms in total. The molecule has 0 aliphatic heterocycles. The Balaban J connectivity index is 2.89. The monoisotopic (exact) mass is 305 g/mol. The van der Waals surface area contributed by atoms with E-state index in [0.717, 1.165) is 0 Å². The van der Waals surface area contributed by atoms with E-state index in [1.165, 1.54) is 12.1 Å². The number of carbonyl (C=O) groups is 2. The van der Waals surface area contributed by atoms with Crippen molar-refractivity contribution in [2.75, 3.05) is 4.43 Å². The molecular formula is C9H8INO3. The summed E-state index contributed by atoms with van der Waals surface area (Å²) in [5.41, 5.74) is 0.908. The topological polar surface area (TPSA) is 69.4 Å². The molecule has 1 aromatic carbocycles. The molecule has 1 rings (SSSR count). The fourth-order valence-corrected chi connectivity index (χ4v) is 1.38. The summed E-state index contributed by atoms with van der Waals surface area (Å²) in [7, 11) is 0. The molecule has 0 fully saturated rings. The zero-order valence-corrected chi connectivity index (χ0v) is 9.35. The van der Waals surface area contributed by atoms with Crippen molar-refractivity contribution >= 4 is 34.3 Å². The van der Waals surface area contributed by atoms with Crippen LogP contribution in [0, 0.1) is 0 Å². The highest BCUT2D eigenvalue weighted by Crippen LogP contribution is 2.07. The number of halogens is 1. The van der Waals surface area contributed by atoms with Crippen molar-refractivity contribution in [3.05, 3.63) is 35.4 Å². The van der Waals surface area contributed by atoms with Crippen LogP contribution in [0.25, 0.3) is 0 Å². The average Bonchev–Trinajstić information content (AvgIpc) is 2.27. The van der Waals surface area contributed by atoms with Crippen molar-refractivity contribution in [2.24, 2.45) is 5.90 Å². The average molecular weight is 305 g/mol. The lowest BCUT2D eigenvalue weighted by Gasteiger charge is -1.99. The summed E-state index contributed by atoms with van der Waals surface area (Å²) >= 11 is 1.99. The second-order valence-corrected chi connectivity index (χ2v) is 3.30. The van der Waals surface area contributed by atoms with Crippen LogP contribution in [0.5, 0.6) is 0 Å². The van der Waals surface area contributed by atoms with Crippen LogP contribution in [0.3, 0.4) is 0 Å². The number of benzene rings is 1. The van der Waals surface area contributed by atoms with Crippen molar-refractivity contribution in [1.82, 2.24) is 0 Å². The normalized spacial score (nSPS) is 9.57. The van der Waals surface area contributed by atoms with Gasteiger partial charge in [0.2, 0.25) is 0 Å². The third-order valence-corrected chi connectivity index (χ3v) is 2.36. The SMILES string of the molecule is NOC(=O)c1ccc(C(=O)CI)cc1. The Morgan fingerprint density at radius 3 is 2.14 bits per heavy atom. The number of nitrogens with two attached hydrogens (primary N) is 1. The van der Waals surface area contributed by atoms with Gasteiger partial charge in [-0.15, -0.1) is 0 Å². The Bertz CT molecular complexity index is 313. The van der Waals surface area contributed by atoms with Gasteiger partial charge in [-0.1, -0.05) is 34.7 Å². The molecule has 0 saturated carbocycles. The number of rotatable bonds is 3. The van der Waals surface area contributed by atoms with Gasteiger partial charge in [-0.25, -0.2) is 4.79 Å². The minimum atomic E-state index is -0.613. The Morgan fingerprint density at radius 1 is 1.21 bits per heavy atom. The van der Waals surface area contributed by atoms with Gasteiger partial charge in [0, 0.05) is 5.56 Å². The Hall–Kier alpha value is -0.950. The minimum absolute atomic E-state index is 0.0262. The van der Waals surface area contributed by atoms with E-state index in [0.29, 0.717) is 15.6 Å². The van der Waals surface area contributed by atoms with Crippen molar-refractivity contribution in [3.63, 3.8) is 0 Å². The first-order valence-corrected chi connectivity index (χ1v) is 5.32. The predicted octanol–water partition coefficient (Wildman–Crippen LogP) is 1.33. The summed E-state index contributed by atoms with van der Waals surface area (Å²) < 4.78 is 0.415. The van der Waals surface area contributed by atoms with Gasteiger partial charge in [0.15, 0.2) is 5.78 Å². The number of hydrogen-bond acceptors (Lipinski definition) is 4. The summed E-state index contributed by atoms with van der Waals surface area (Å²) in [5, 5.41) is 0. The van der Waals surface area contributed by atoms with Crippen LogP contribution in [0.1, 0.15) is 20.7 Å². The largest absolute Gasteiger partial charge is 0.370 e. The van der Waals surface area contributed by atoms with Crippen LogP contribution < -0.4 is 5.90 Å². The van der Waals surface area contributed by atoms with Crippen LogP contribution in [0.4, 0.5) is 0 Å². The van der Waals surface area contributed by atoms with E-state index < -0.39 is 5.97 Å². The minimum Gasteiger partial charge on any atom is -0.370 e. The van der Waals surface area contributed by atoms with Crippen LogP contribution in [-0.4, -0.2) is 16.2 Å². The molecule has 0 heterocycles. The standard InChI is InChI=1S/C9H8INO3/c10-5-8(12)6-1-3-7(4-2-6)9(13)14-11/h1-4H,5,11H2. The molecule has 0 radical (unpaired) electrons. The fourth-order valence-electron chi connectivity index (χ4n) is 0.937. The molecule has 0 amide bonds. The third-order valence-electron chi connectivity index (χ3n) is 1.67. The lowest BCUT2D eigenvalue weighted by molar-refractivity contribution is 0.0503. The predicted molar refractivity (Wildman–Crippen MR) is 59.3 cm³/mol. The maximum atomic E-state index is 11.2. The highest BCUT2D eigenvalue weighted by atomic mass is 127. The molecule has 0 aromatic heterocycles. The van der Waals surface area contributed by atoms with Gasteiger partial charge in [0.1, 0.15) is 0 Å². The number of alkyl halides is 1. The van der Waals surface area contributed by atoms with E-state index in [1.807, 2.05) is 22.6 Å². The van der Waals surface area contributed by atoms with E-state index >= 15 is 0 Å². The highest BCUT2D eigenvalue weighted by molar-refractivity contribution is 14.1. The molecule has 5 heteroatoms. The van der Waals surface area contributed by atoms with Crippen LogP contribution >= 0.6 is 22.6 Å². The molecule has 74 valence electrons. The van der Waals surface area contributed by atoms with E-state index in [-0.39, 0.29) is 5.78 Å². The van der Waals surface area contributed by atoms with Gasteiger partial charge in [-0.05, 0) is 12.1 Å². The molecule has 0 atom stereocenters. The molecule has 0 bridgehead atoms. The van der Waals surface area contributed by atoms with Crippen LogP contribution in [-0.2, 0) is 4.84 Å². The zero-order chi connectivity index (χ0) is 10.6. The molecule has 0 saturated heterocycles. The van der Waals surface area contributed by atoms with Crippen LogP contribution in [0.2, 0.25) is 0 Å². The fraction of sp³-hybridized carbons (Fsp3) is 0.111. The second-order valence-electron chi connectivity index (χ2n) is 2.54. The van der Waals surface area contributed by atoms with E-state index in [1.54, 1.807) is 12.1 Å². The van der Waals surface area contributed by atoms with E-state index in [4.69, 9.17) is 5.90 Å². The van der Waals surface area contributed by atoms with Crippen molar-refractivity contribution in [2.45, 2.75) is 0 Å². The van der Waals surface area contributed by atoms with E-state index in [2.05, 4.69) is 4.84 Å². The van der Waals surface area contributed by atoms with Crippen LogP contribution in [0.15, 0.2) is 24.3 Å². The third kappa shape index (κ3) is 2.52. The Kier molecular flexibility index (Phi) is 4.02. The van der Waals surface area contributed by atoms with Crippen molar-refractivity contribution < 1.29 is 14.4 Å². The lowest BCUT2D eigenvalue weighted by atomic mass is 10.1. The smallest absolute Gasteiger partial charge is 0.356 e. The van der Waals surface area contributed by atoms with Crippen molar-refractivity contribution in [1.29, 1.82) is 0 Å². The first-order chi connectivity index (χ1) is 6.69. The van der Waals surface area contributed by atoms with Gasteiger partial charge in [0.25, 0.3) is 0 Å². The number of Topliss-reactive ketones (excluding diaryl/α,β-unsaturated/α-hetero) is 1. The maximum absolute atomic E-state index is 11.2. The summed E-state index contributed by atoms with van der Waals surface area (Å²) in [6.07, 6.45) is 0. The second kappa shape index (κ2) is 5.06. The number of ketones is 1. The Morgan fingerprint density at radius 2 is 1.71 bits per heavy atom. The van der Waals surface area contributed by atoms with Gasteiger partial charge in [-0.2, -0.15) is 5.90 Å². The number of carbonyl (C=O) groups excluding carboxylic acids is 2. The van der Waals surface area contributed by atoms with E-state index in [9.17, 15) is 9.59 Å². The first kappa shape index (κ1) is 11.1. The molecule has 0 unspecified atom stereocenters. The molecular weight excluding hydrogens is 297 g/mol. The van der Waals surface area contributed by atoms with Gasteiger partial charge < -0.3 is 4.84 Å². The summed E-state index contributed by atoms with van der Waals surface area (Å²) in [4.78, 5) is 26.2. The summed E-state index contributed by atoms with van der Waals surface area (Å²) in [6.45, 7) is 0. The molecule has 1 aromatic rings. The van der Waals surface area contributed by atoms with Gasteiger partial charge in [-0.3, -0.25) is 4.79 Å². The highest BCUT2D eigenvalue weighted by Gasteiger charge is 2.07.